The van der Waals surface area contributed by atoms with Crippen molar-refractivity contribution >= 4 is 77.0 Å². The Kier molecular flexibility index (Phi) is 36.6. The number of nitrogens with zero attached hydrogens (tertiary/aromatic N) is 1. The molecule has 13 atom stereocenters. The molecule has 0 bridgehead atoms. The highest BCUT2D eigenvalue weighted by Gasteiger charge is 2.41. The highest BCUT2D eigenvalue weighted by Crippen LogP contribution is 2.22. The van der Waals surface area contributed by atoms with E-state index in [4.69, 9.17) is 53.2 Å². The van der Waals surface area contributed by atoms with Crippen LogP contribution in [0.3, 0.4) is 0 Å². The van der Waals surface area contributed by atoms with Gasteiger partial charge in [0.25, 0.3) is 0 Å². The first-order valence-electron chi connectivity index (χ1n) is 26.9. The number of hydrogen-bond donors (Lipinski definition) is 18. The maximum atomic E-state index is 14.1. The number of aliphatic imine (C=N–C) groups is 1. The van der Waals surface area contributed by atoms with Gasteiger partial charge < -0.3 is 101 Å². The van der Waals surface area contributed by atoms with Crippen molar-refractivity contribution in [3.63, 3.8) is 0 Å². The number of benzene rings is 1. The summed E-state index contributed by atoms with van der Waals surface area (Å²) in [6, 6.07) is -3.96. The highest BCUT2D eigenvalue weighted by atomic mass is 19.4. The number of esters is 1. The van der Waals surface area contributed by atoms with E-state index in [0.29, 0.717) is 0 Å². The number of halogens is 6. The molecule has 506 valence electrons. The number of aliphatic carboxylic acids is 2. The standard InChI is InChI=1S/C47H79N13O15.2C2HF3O2/c1-9-23(6)32(59-41(69)27(16-13-17-53-47(51)52)55-42(70)28(18-21(2)3)56-40(68)24(7)35(64)22(4)5)44(72)60-33(25(8)62)43(71)54-19-30(63)58-34(36(65)39(50)67)45(73)57-29(20-61)46(74)75-37(31(48)38(49)66)26-14-11-10-12-15-26;2*3-2(4,5)1(6)7/h10-12,14-15,21-25,27-29,31-37,61-62,64-65H,9,13,16-20,48H2,1-8H3,(H2,49,66)(H2,50,67)(H,54,71)(H,55,70)(H,56,68)(H,57,73)(H,58,63)(H,59,69)(H,60,72)(H4,51,52,53);2*(H,6,7)/t23-,24-,25-,27+,28-,29-,31-,32-,33-,34-,35+,36-,37+;;/m0../s1. The largest absolute Gasteiger partial charge is 0.490 e. The van der Waals surface area contributed by atoms with Crippen molar-refractivity contribution in [2.75, 3.05) is 19.7 Å². The van der Waals surface area contributed by atoms with Gasteiger partial charge in [0.05, 0.1) is 31.3 Å². The number of alkyl halides is 6. The first-order valence-corrected chi connectivity index (χ1v) is 26.9. The molecule has 0 saturated heterocycles. The van der Waals surface area contributed by atoms with Crippen molar-refractivity contribution in [2.45, 2.75) is 160 Å². The van der Waals surface area contributed by atoms with Gasteiger partial charge in [-0.25, -0.2) is 14.4 Å². The second-order valence-electron chi connectivity index (χ2n) is 20.5. The van der Waals surface area contributed by atoms with Gasteiger partial charge in [0, 0.05) is 6.54 Å². The van der Waals surface area contributed by atoms with Crippen LogP contribution in [0.15, 0.2) is 35.3 Å². The molecule has 1 aromatic carbocycles. The minimum Gasteiger partial charge on any atom is -0.475 e. The third-order valence-corrected chi connectivity index (χ3v) is 12.3. The molecule has 1 aromatic rings. The van der Waals surface area contributed by atoms with Crippen LogP contribution in [-0.2, 0) is 62.3 Å². The lowest BCUT2D eigenvalue weighted by molar-refractivity contribution is -0.193. The maximum absolute atomic E-state index is 14.1. The predicted octanol–water partition coefficient (Wildman–Crippen LogP) is -4.61. The summed E-state index contributed by atoms with van der Waals surface area (Å²) in [6.45, 7) is 10.9. The summed E-state index contributed by atoms with van der Waals surface area (Å²) < 4.78 is 68.8. The number of carboxylic acid groups (broad SMARTS) is 2. The van der Waals surface area contributed by atoms with Crippen LogP contribution in [0.2, 0.25) is 0 Å². The van der Waals surface area contributed by atoms with Gasteiger partial charge >= 0.3 is 30.3 Å². The van der Waals surface area contributed by atoms with Gasteiger partial charge in [0.15, 0.2) is 24.2 Å². The quantitative estimate of drug-likeness (QED) is 0.0104. The van der Waals surface area contributed by atoms with Crippen LogP contribution in [-0.4, -0.2) is 200 Å². The Bertz CT molecular complexity index is 2540. The molecular weight excluding hydrogens is 1210 g/mol. The molecule has 0 unspecified atom stereocenters. The molecule has 1 rings (SSSR count). The zero-order valence-electron chi connectivity index (χ0n) is 49.6. The lowest BCUT2D eigenvalue weighted by Crippen LogP contribution is -2.62. The van der Waals surface area contributed by atoms with Crippen LogP contribution in [0.25, 0.3) is 0 Å². The van der Waals surface area contributed by atoms with Crippen molar-refractivity contribution in [1.82, 2.24) is 37.2 Å². The van der Waals surface area contributed by atoms with Crippen LogP contribution in [0.4, 0.5) is 26.3 Å². The van der Waals surface area contributed by atoms with Crippen molar-refractivity contribution < 1.29 is 119 Å². The van der Waals surface area contributed by atoms with Gasteiger partial charge in [-0.1, -0.05) is 85.2 Å². The van der Waals surface area contributed by atoms with Crippen LogP contribution in [0.5, 0.6) is 0 Å². The molecule has 38 heteroatoms. The molecule has 32 nitrogen and oxygen atoms in total. The number of ether oxygens (including phenoxy) is 1. The van der Waals surface area contributed by atoms with Crippen LogP contribution >= 0.6 is 0 Å². The Morgan fingerprint density at radius 2 is 1.09 bits per heavy atom. The van der Waals surface area contributed by atoms with E-state index in [2.05, 4.69) is 31.6 Å². The number of primary amides is 2. The lowest BCUT2D eigenvalue weighted by Gasteiger charge is -2.30. The molecule has 0 aliphatic heterocycles. The minimum atomic E-state index is -5.08. The molecule has 0 spiro atoms. The van der Waals surface area contributed by atoms with Gasteiger partial charge in [0.1, 0.15) is 36.3 Å². The Balaban J connectivity index is 0. The summed E-state index contributed by atoms with van der Waals surface area (Å²) >= 11 is 0. The van der Waals surface area contributed by atoms with Crippen molar-refractivity contribution in [3.05, 3.63) is 35.9 Å². The number of carbonyl (C=O) groups excluding carboxylic acids is 10. The van der Waals surface area contributed by atoms with Crippen molar-refractivity contribution in [2.24, 2.45) is 57.3 Å². The molecule has 9 amide bonds. The number of guanidine groups is 1. The van der Waals surface area contributed by atoms with Crippen molar-refractivity contribution in [3.8, 4) is 0 Å². The van der Waals surface area contributed by atoms with Crippen LogP contribution in [0, 0.1) is 23.7 Å². The first kappa shape index (κ1) is 82.6. The van der Waals surface area contributed by atoms with E-state index in [1.165, 1.54) is 31.2 Å². The summed E-state index contributed by atoms with van der Waals surface area (Å²) in [4.78, 5) is 154. The molecule has 0 heterocycles. The summed E-state index contributed by atoms with van der Waals surface area (Å²) in [5.41, 5.74) is 27.5. The Morgan fingerprint density at radius 1 is 0.618 bits per heavy atom. The zero-order valence-corrected chi connectivity index (χ0v) is 49.6. The van der Waals surface area contributed by atoms with Gasteiger partial charge in [-0.05, 0) is 49.5 Å². The Hall–Kier alpha value is -8.49. The lowest BCUT2D eigenvalue weighted by atomic mass is 9.93. The molecule has 23 N–H and O–H groups in total. The molecule has 0 aliphatic rings. The summed E-state index contributed by atoms with van der Waals surface area (Å²) in [7, 11) is 0. The highest BCUT2D eigenvalue weighted by molar-refractivity contribution is 5.98. The molecule has 0 aromatic heterocycles. The number of aliphatic hydroxyl groups is 4. The summed E-state index contributed by atoms with van der Waals surface area (Å²) in [5, 5.41) is 72.3. The number of nitrogens with one attached hydrogen (secondary N) is 7. The fourth-order valence-electron chi connectivity index (χ4n) is 7.13. The van der Waals surface area contributed by atoms with Gasteiger partial charge in [-0.2, -0.15) is 26.3 Å². The van der Waals surface area contributed by atoms with E-state index < -0.39 is 175 Å². The fraction of sp³-hybridized carbons (Fsp3) is 0.627. The smallest absolute Gasteiger partial charge is 0.475 e. The number of aliphatic hydroxyl groups excluding tert-OH is 4. The average molecular weight is 1290 g/mol. The summed E-state index contributed by atoms with van der Waals surface area (Å²) in [5.74, 6) is -18.7. The number of carbonyl (C=O) groups is 12. The topological polar surface area (TPSA) is 562 Å². The zero-order chi connectivity index (χ0) is 69.6. The first-order chi connectivity index (χ1) is 40.9. The number of amides is 9. The number of hydrogen-bond acceptors (Lipinski definition) is 19. The second-order valence-corrected chi connectivity index (χ2v) is 20.5. The van der Waals surface area contributed by atoms with E-state index >= 15 is 0 Å². The minimum absolute atomic E-state index is 0.0457. The van der Waals surface area contributed by atoms with E-state index in [1.807, 2.05) is 24.5 Å². The van der Waals surface area contributed by atoms with Crippen LogP contribution < -0.4 is 65.9 Å². The molecule has 0 aliphatic carbocycles. The van der Waals surface area contributed by atoms with Crippen LogP contribution in [0.1, 0.15) is 92.7 Å². The SMILES string of the molecule is CC[C@H](C)[C@H](NC(=O)[C@@H](CCCN=C(N)N)NC(=O)[C@H](CC(C)C)NC(=O)[C@@H](C)[C@H](O)C(C)C)C(=O)N[C@H](C(=O)NCC(=O)N[C@H](C(=O)N[C@@H](CO)C(=O)O[C@H](c1ccccc1)[C@H](N)C(N)=O)[C@H](O)C(N)=O)[C@H](C)O.O=C(O)C(F)(F)F.O=C(O)C(F)(F)F. The molecule has 0 fully saturated rings. The summed E-state index contributed by atoms with van der Waals surface area (Å²) in [6.07, 6.45) is -16.3. The normalized spacial score (nSPS) is 15.7. The predicted molar refractivity (Wildman–Crippen MR) is 297 cm³/mol. The van der Waals surface area contributed by atoms with Gasteiger partial charge in [-0.3, -0.25) is 48.1 Å². The third-order valence-electron chi connectivity index (χ3n) is 12.3. The fourth-order valence-corrected chi connectivity index (χ4v) is 7.13. The van der Waals surface area contributed by atoms with E-state index in [0.717, 1.165) is 6.92 Å². The Morgan fingerprint density at radius 3 is 1.52 bits per heavy atom. The third kappa shape index (κ3) is 31.3. The maximum Gasteiger partial charge on any atom is 0.490 e. The monoisotopic (exact) mass is 1290 g/mol. The average Bonchev–Trinajstić information content (AvgIpc) is 2.15. The Labute approximate surface area is 505 Å². The van der Waals surface area contributed by atoms with Gasteiger partial charge in [0.2, 0.25) is 53.2 Å². The molecule has 0 saturated carbocycles. The number of carboxylic acids is 2. The van der Waals surface area contributed by atoms with E-state index in [-0.39, 0.29) is 55.6 Å². The number of rotatable bonds is 33. The van der Waals surface area contributed by atoms with Gasteiger partial charge in [-0.15, -0.1) is 0 Å². The second kappa shape index (κ2) is 39.4. The molecular formula is C51H81F6N13O19. The van der Waals surface area contributed by atoms with Crippen molar-refractivity contribution in [1.29, 1.82) is 0 Å². The van der Waals surface area contributed by atoms with E-state index in [1.54, 1.807) is 33.8 Å². The number of nitrogens with two attached hydrogens (primary N) is 5. The van der Waals surface area contributed by atoms with E-state index in [9.17, 15) is 94.7 Å². The molecule has 89 heavy (non-hydrogen) atoms. The molecule has 0 radical (unpaired) electrons.